The Hall–Kier alpha value is -0.940. The molecule has 0 aliphatic carbocycles. The van der Waals surface area contributed by atoms with E-state index in [1.54, 1.807) is 0 Å². The minimum absolute atomic E-state index is 0.124. The Balaban J connectivity index is 4.71. The highest BCUT2D eigenvalue weighted by molar-refractivity contribution is 5.24. The lowest BCUT2D eigenvalue weighted by Gasteiger charge is -2.73. The Kier molecular flexibility index (Phi) is 11.1. The molecule has 0 aromatic rings. The lowest BCUT2D eigenvalue weighted by Crippen LogP contribution is -2.85. The van der Waals surface area contributed by atoms with E-state index in [2.05, 4.69) is 192 Å². The van der Waals surface area contributed by atoms with Crippen molar-refractivity contribution >= 4 is 0 Å². The lowest BCUT2D eigenvalue weighted by atomic mass is 9.63. The predicted molar refractivity (Wildman–Crippen MR) is 199 cm³/mol. The quantitative estimate of drug-likeness (QED) is 0.276. The Morgan fingerprint density at radius 2 is 0.545 bits per heavy atom. The molecule has 0 bridgehead atoms. The van der Waals surface area contributed by atoms with Gasteiger partial charge in [-0.2, -0.15) is 0 Å². The first-order valence-corrected chi connectivity index (χ1v) is 17.1. The minimum Gasteiger partial charge on any atom is -0.286 e. The molecule has 0 unspecified atom stereocenters. The van der Waals surface area contributed by atoms with E-state index >= 15 is 0 Å². The van der Waals surface area contributed by atoms with E-state index < -0.39 is 0 Å². The molecule has 4 nitrogen and oxygen atoms in total. The maximum atomic E-state index is 4.48. The van der Waals surface area contributed by atoms with Crippen LogP contribution in [0.25, 0.3) is 0 Å². The number of rotatable bonds is 6. The molecule has 44 heavy (non-hydrogen) atoms. The topological polar surface area (TPSA) is 13.0 Å². The maximum absolute atomic E-state index is 4.48. The average Bonchev–Trinajstić information content (AvgIpc) is 2.75. The van der Waals surface area contributed by atoms with Gasteiger partial charge in [0.05, 0.1) is 0 Å². The van der Waals surface area contributed by atoms with Crippen LogP contribution in [0, 0.1) is 0 Å². The molecule has 258 valence electrons. The van der Waals surface area contributed by atoms with E-state index in [1.807, 2.05) is 0 Å². The third kappa shape index (κ3) is 6.45. The van der Waals surface area contributed by atoms with Gasteiger partial charge < -0.3 is 0 Å². The molecule has 1 aliphatic rings. The minimum atomic E-state index is -0.268. The molecule has 1 fully saturated rings. The SMILES string of the molecule is C=C(C)CN1C(C)(C)C(C)(C)N(CC(=C)C)C(C)(C)C(C)(C)N(C(C)(C)C)C(C)(C)C(C)(C)N(CC(=C)C)C(C)(C)C1(C)C. The molecular formula is C40H78N4. The summed E-state index contributed by atoms with van der Waals surface area (Å²) in [6, 6.07) is 0. The molecule has 1 heterocycles. The molecule has 1 saturated heterocycles. The predicted octanol–water partition coefficient (Wildman–Crippen LogP) is 9.96. The Labute approximate surface area is 277 Å². The van der Waals surface area contributed by atoms with Crippen molar-refractivity contribution in [3.8, 4) is 0 Å². The maximum Gasteiger partial charge on any atom is 0.0343 e. The lowest BCUT2D eigenvalue weighted by molar-refractivity contribution is -0.222. The van der Waals surface area contributed by atoms with Gasteiger partial charge >= 0.3 is 0 Å². The normalized spacial score (nSPS) is 27.1. The standard InChI is InChI=1S/C40H78N4/c1-29(2)26-41-33(10,11)35(14,15)42(27-30(3)4)37(18,19)39(22,23)44(32(7,8)9)40(24,25)38(20,21)43(28-31(5)6)36(16,17)34(41,12)13/h1,3,5,26-28H2,2,4,6-25H3. The first-order valence-electron chi connectivity index (χ1n) is 17.1. The molecule has 0 spiro atoms. The van der Waals surface area contributed by atoms with Gasteiger partial charge in [-0.15, -0.1) is 0 Å². The van der Waals surface area contributed by atoms with Gasteiger partial charge in [-0.1, -0.05) is 36.5 Å². The molecule has 1 rings (SSSR count). The number of hydrogen-bond donors (Lipinski definition) is 0. The zero-order chi connectivity index (χ0) is 35.7. The van der Waals surface area contributed by atoms with Crippen LogP contribution in [0.3, 0.4) is 0 Å². The van der Waals surface area contributed by atoms with E-state index in [-0.39, 0.29) is 49.9 Å². The van der Waals surface area contributed by atoms with Crippen molar-refractivity contribution in [3.63, 3.8) is 0 Å². The van der Waals surface area contributed by atoms with Gasteiger partial charge in [0.25, 0.3) is 0 Å². The highest BCUT2D eigenvalue weighted by Crippen LogP contribution is 2.54. The van der Waals surface area contributed by atoms with Crippen molar-refractivity contribution in [2.24, 2.45) is 0 Å². The highest BCUT2D eigenvalue weighted by atomic mass is 15.5. The summed E-state index contributed by atoms with van der Waals surface area (Å²) >= 11 is 0. The van der Waals surface area contributed by atoms with E-state index in [1.165, 1.54) is 16.7 Å². The van der Waals surface area contributed by atoms with Crippen molar-refractivity contribution in [3.05, 3.63) is 36.5 Å². The van der Waals surface area contributed by atoms with Crippen molar-refractivity contribution in [2.45, 2.75) is 202 Å². The summed E-state index contributed by atoms with van der Waals surface area (Å²) in [5, 5.41) is 0. The van der Waals surface area contributed by atoms with Crippen LogP contribution in [-0.2, 0) is 0 Å². The summed E-state index contributed by atoms with van der Waals surface area (Å²) in [4.78, 5) is 11.2. The van der Waals surface area contributed by atoms with Gasteiger partial charge in [-0.25, -0.2) is 0 Å². The zero-order valence-electron chi connectivity index (χ0n) is 34.0. The molecule has 0 amide bonds. The molecule has 4 heteroatoms. The Morgan fingerprint density at radius 1 is 0.386 bits per heavy atom. The molecule has 0 aromatic carbocycles. The first kappa shape index (κ1) is 41.1. The molecule has 0 atom stereocenters. The second-order valence-corrected chi connectivity index (χ2v) is 19.6. The fourth-order valence-corrected chi connectivity index (χ4v) is 9.00. The fraction of sp³-hybridized carbons (Fsp3) is 0.850. The van der Waals surface area contributed by atoms with Gasteiger partial charge in [0.2, 0.25) is 0 Å². The smallest absolute Gasteiger partial charge is 0.0343 e. The van der Waals surface area contributed by atoms with Crippen molar-refractivity contribution in [1.82, 2.24) is 19.6 Å². The van der Waals surface area contributed by atoms with E-state index in [4.69, 9.17) is 0 Å². The van der Waals surface area contributed by atoms with Crippen LogP contribution < -0.4 is 0 Å². The summed E-state index contributed by atoms with van der Waals surface area (Å²) in [6.07, 6.45) is 0. The van der Waals surface area contributed by atoms with Crippen molar-refractivity contribution < 1.29 is 0 Å². The van der Waals surface area contributed by atoms with Gasteiger partial charge in [0.1, 0.15) is 0 Å². The molecule has 0 N–H and O–H groups in total. The largest absolute Gasteiger partial charge is 0.286 e. The third-order valence-corrected chi connectivity index (χ3v) is 13.1. The summed E-state index contributed by atoms with van der Waals surface area (Å²) in [5.41, 5.74) is 1.31. The molecule has 0 saturated carbocycles. The summed E-state index contributed by atoms with van der Waals surface area (Å²) in [5.74, 6) is 0. The van der Waals surface area contributed by atoms with Crippen LogP contribution in [0.4, 0.5) is 0 Å². The molecule has 0 radical (unpaired) electrons. The molecular weight excluding hydrogens is 536 g/mol. The molecule has 1 aliphatic heterocycles. The monoisotopic (exact) mass is 615 g/mol. The van der Waals surface area contributed by atoms with Crippen LogP contribution in [-0.4, -0.2) is 89.1 Å². The van der Waals surface area contributed by atoms with Crippen LogP contribution in [0.5, 0.6) is 0 Å². The second-order valence-electron chi connectivity index (χ2n) is 19.6. The van der Waals surface area contributed by atoms with Crippen LogP contribution >= 0.6 is 0 Å². The van der Waals surface area contributed by atoms with Gasteiger partial charge in [-0.05, 0) is 152 Å². The van der Waals surface area contributed by atoms with Gasteiger partial charge in [-0.3, -0.25) is 19.6 Å². The van der Waals surface area contributed by atoms with Crippen LogP contribution in [0.2, 0.25) is 0 Å². The summed E-state index contributed by atoms with van der Waals surface area (Å²) < 4.78 is 0. The fourth-order valence-electron chi connectivity index (χ4n) is 9.00. The van der Waals surface area contributed by atoms with Crippen molar-refractivity contribution in [1.29, 1.82) is 0 Å². The van der Waals surface area contributed by atoms with E-state index in [0.717, 1.165) is 19.6 Å². The van der Waals surface area contributed by atoms with E-state index in [9.17, 15) is 0 Å². The van der Waals surface area contributed by atoms with Gasteiger partial charge in [0, 0.05) is 69.5 Å². The van der Waals surface area contributed by atoms with Crippen LogP contribution in [0.1, 0.15) is 152 Å². The summed E-state index contributed by atoms with van der Waals surface area (Å²) in [6.45, 7) is 69.3. The summed E-state index contributed by atoms with van der Waals surface area (Å²) in [7, 11) is 0. The average molecular weight is 615 g/mol. The highest BCUT2D eigenvalue weighted by Gasteiger charge is 2.65. The van der Waals surface area contributed by atoms with Crippen LogP contribution in [0.15, 0.2) is 36.5 Å². The first-order chi connectivity index (χ1) is 19.0. The number of nitrogens with zero attached hydrogens (tertiary/aromatic N) is 4. The zero-order valence-corrected chi connectivity index (χ0v) is 34.0. The number of hydrogen-bond acceptors (Lipinski definition) is 4. The Morgan fingerprint density at radius 3 is 0.682 bits per heavy atom. The van der Waals surface area contributed by atoms with Gasteiger partial charge in [0.15, 0.2) is 0 Å². The van der Waals surface area contributed by atoms with Crippen molar-refractivity contribution in [2.75, 3.05) is 19.6 Å². The molecule has 0 aromatic heterocycles. The Bertz CT molecular complexity index is 1010. The third-order valence-electron chi connectivity index (χ3n) is 13.1. The second kappa shape index (κ2) is 11.9. The van der Waals surface area contributed by atoms with E-state index in [0.29, 0.717) is 0 Å².